The minimum atomic E-state index is -1.82. The summed E-state index contributed by atoms with van der Waals surface area (Å²) in [5, 5.41) is 14.4. The van der Waals surface area contributed by atoms with Crippen molar-refractivity contribution in [1.29, 1.82) is 0 Å². The lowest BCUT2D eigenvalue weighted by atomic mass is 9.93. The number of aliphatic carboxylic acids is 1. The second-order valence-corrected chi connectivity index (χ2v) is 6.89. The standard InChI is InChI=1S/C21H19N3O6/c1-29-21(22-17(25)14-8-4-2-5-9-14)19(28)24-16(18(26)27)15(13-30-20(21)24)12-23-10-6-3-7-11-23/h2-11,20H,12-13H2,1H3,(H-,22,25,26,27)/t20-,21-/m1/s1. The van der Waals surface area contributed by atoms with E-state index in [9.17, 15) is 19.5 Å². The second-order valence-electron chi connectivity index (χ2n) is 6.89. The molecule has 2 amide bonds. The topological polar surface area (TPSA) is 112 Å². The average molecular weight is 409 g/mol. The summed E-state index contributed by atoms with van der Waals surface area (Å²) in [6, 6.07) is 13.7. The smallest absolute Gasteiger partial charge is 0.287 e. The number of amides is 2. The minimum absolute atomic E-state index is 0.0635. The third-order valence-corrected chi connectivity index (χ3v) is 5.11. The molecule has 154 valence electrons. The first-order valence-corrected chi connectivity index (χ1v) is 9.23. The first-order valence-electron chi connectivity index (χ1n) is 9.23. The molecule has 0 radical (unpaired) electrons. The van der Waals surface area contributed by atoms with Gasteiger partial charge in [0.05, 0.1) is 18.3 Å². The summed E-state index contributed by atoms with van der Waals surface area (Å²) in [5.41, 5.74) is -1.39. The van der Waals surface area contributed by atoms with Gasteiger partial charge in [0.1, 0.15) is 0 Å². The zero-order chi connectivity index (χ0) is 21.3. The molecule has 3 heterocycles. The summed E-state index contributed by atoms with van der Waals surface area (Å²) in [6.45, 7) is 0.142. The molecule has 0 spiro atoms. The van der Waals surface area contributed by atoms with Crippen molar-refractivity contribution in [3.05, 3.63) is 77.8 Å². The van der Waals surface area contributed by atoms with E-state index in [2.05, 4.69) is 5.32 Å². The molecule has 1 aromatic heterocycles. The van der Waals surface area contributed by atoms with Crippen molar-refractivity contribution in [3.63, 3.8) is 0 Å². The molecule has 0 bridgehead atoms. The zero-order valence-corrected chi connectivity index (χ0v) is 16.1. The van der Waals surface area contributed by atoms with Gasteiger partial charge in [-0.25, -0.2) is 4.57 Å². The highest BCUT2D eigenvalue weighted by Crippen LogP contribution is 2.40. The first-order chi connectivity index (χ1) is 14.5. The van der Waals surface area contributed by atoms with Gasteiger partial charge in [-0.2, -0.15) is 0 Å². The van der Waals surface area contributed by atoms with E-state index < -0.39 is 29.7 Å². The van der Waals surface area contributed by atoms with Gasteiger partial charge in [-0.3, -0.25) is 14.5 Å². The van der Waals surface area contributed by atoms with Crippen molar-refractivity contribution < 1.29 is 33.5 Å². The van der Waals surface area contributed by atoms with Crippen molar-refractivity contribution >= 4 is 17.8 Å². The molecular formula is C21H19N3O6. The highest BCUT2D eigenvalue weighted by molar-refractivity contribution is 6.05. The molecule has 1 saturated heterocycles. The Morgan fingerprint density at radius 2 is 1.90 bits per heavy atom. The summed E-state index contributed by atoms with van der Waals surface area (Å²) in [5.74, 6) is -2.78. The number of rotatable bonds is 6. The van der Waals surface area contributed by atoms with Crippen LogP contribution in [0.15, 0.2) is 72.2 Å². The summed E-state index contributed by atoms with van der Waals surface area (Å²) < 4.78 is 12.9. The number of carboxylic acids is 1. The number of aromatic nitrogens is 1. The molecule has 1 fully saturated rings. The highest BCUT2D eigenvalue weighted by Gasteiger charge is 2.67. The van der Waals surface area contributed by atoms with Crippen molar-refractivity contribution in [2.75, 3.05) is 13.7 Å². The number of carboxylic acid groups (broad SMARTS) is 1. The third kappa shape index (κ3) is 3.14. The molecule has 2 aliphatic heterocycles. The molecule has 30 heavy (non-hydrogen) atoms. The molecule has 4 rings (SSSR count). The molecule has 2 aliphatic rings. The summed E-state index contributed by atoms with van der Waals surface area (Å²) in [6.07, 6.45) is 2.41. The Balaban J connectivity index is 1.63. The number of hydrogen-bond donors (Lipinski definition) is 1. The fourth-order valence-electron chi connectivity index (χ4n) is 3.64. The van der Waals surface area contributed by atoms with E-state index in [1.165, 1.54) is 7.11 Å². The van der Waals surface area contributed by atoms with Crippen molar-refractivity contribution in [1.82, 2.24) is 10.2 Å². The molecule has 0 aliphatic carbocycles. The van der Waals surface area contributed by atoms with Gasteiger partial charge >= 0.3 is 0 Å². The predicted octanol–water partition coefficient (Wildman–Crippen LogP) is -1.05. The monoisotopic (exact) mass is 409 g/mol. The van der Waals surface area contributed by atoms with E-state index in [0.29, 0.717) is 11.1 Å². The van der Waals surface area contributed by atoms with Crippen molar-refractivity contribution in [2.24, 2.45) is 0 Å². The number of pyridine rings is 1. The van der Waals surface area contributed by atoms with Gasteiger partial charge in [0.15, 0.2) is 25.2 Å². The number of carbonyl (C=O) groups excluding carboxylic acids is 3. The maximum absolute atomic E-state index is 13.0. The van der Waals surface area contributed by atoms with Crippen LogP contribution in [0.4, 0.5) is 0 Å². The van der Waals surface area contributed by atoms with E-state index in [1.54, 1.807) is 59.4 Å². The second kappa shape index (κ2) is 7.69. The number of carbonyl (C=O) groups is 3. The minimum Gasteiger partial charge on any atom is -0.543 e. The zero-order valence-electron chi connectivity index (χ0n) is 16.1. The SMILES string of the molecule is CO[C@]1(NC(=O)c2ccccc2)C(=O)N2C(C(=O)[O-])=C(C[n+]3ccccc3)CO[C@@H]21. The number of methoxy groups -OCH3 is 1. The number of ether oxygens (including phenoxy) is 2. The number of β-lactam (4-membered cyclic amide) rings is 1. The summed E-state index contributed by atoms with van der Waals surface area (Å²) in [4.78, 5) is 38.4. The van der Waals surface area contributed by atoms with Gasteiger partial charge in [-0.05, 0) is 12.1 Å². The molecular weight excluding hydrogens is 390 g/mol. The molecule has 2 atom stereocenters. The Labute approximate surface area is 172 Å². The third-order valence-electron chi connectivity index (χ3n) is 5.11. The normalized spacial score (nSPS) is 22.9. The van der Waals surface area contributed by atoms with Crippen LogP contribution in [0.2, 0.25) is 0 Å². The Bertz CT molecular complexity index is 1020. The van der Waals surface area contributed by atoms with Crippen molar-refractivity contribution in [3.8, 4) is 0 Å². The van der Waals surface area contributed by atoms with E-state index in [0.717, 1.165) is 4.90 Å². The predicted molar refractivity (Wildman–Crippen MR) is 98.9 cm³/mol. The van der Waals surface area contributed by atoms with Crippen molar-refractivity contribution in [2.45, 2.75) is 18.5 Å². The summed E-state index contributed by atoms with van der Waals surface area (Å²) in [7, 11) is 1.25. The van der Waals surface area contributed by atoms with Gasteiger partial charge in [-0.15, -0.1) is 0 Å². The molecule has 9 heteroatoms. The summed E-state index contributed by atoms with van der Waals surface area (Å²) >= 11 is 0. The molecule has 9 nitrogen and oxygen atoms in total. The number of fused-ring (bicyclic) bond motifs is 1. The fraction of sp³-hybridized carbons (Fsp3) is 0.238. The maximum atomic E-state index is 13.0. The largest absolute Gasteiger partial charge is 0.543 e. The van der Waals surface area contributed by atoms with Gasteiger partial charge in [0.2, 0.25) is 0 Å². The van der Waals surface area contributed by atoms with E-state index >= 15 is 0 Å². The van der Waals surface area contributed by atoms with Crippen LogP contribution in [0.5, 0.6) is 0 Å². The number of nitrogens with zero attached hydrogens (tertiary/aromatic N) is 2. The van der Waals surface area contributed by atoms with E-state index in [4.69, 9.17) is 9.47 Å². The van der Waals surface area contributed by atoms with Crippen LogP contribution in [0.3, 0.4) is 0 Å². The van der Waals surface area contributed by atoms with Gasteiger partial charge < -0.3 is 24.7 Å². The number of hydrogen-bond acceptors (Lipinski definition) is 6. The number of benzene rings is 1. The van der Waals surface area contributed by atoms with Gasteiger partial charge in [-0.1, -0.05) is 24.3 Å². The van der Waals surface area contributed by atoms with Crippen LogP contribution in [-0.2, 0) is 25.6 Å². The Kier molecular flexibility index (Phi) is 5.06. The first kappa shape index (κ1) is 19.7. The van der Waals surface area contributed by atoms with Gasteiger partial charge in [0, 0.05) is 30.4 Å². The molecule has 1 aromatic carbocycles. The molecule has 2 aromatic rings. The average Bonchev–Trinajstić information content (AvgIpc) is 2.77. The van der Waals surface area contributed by atoms with Crippen LogP contribution in [0, 0.1) is 0 Å². The quantitative estimate of drug-likeness (QED) is 0.370. The maximum Gasteiger partial charge on any atom is 0.287 e. The lowest BCUT2D eigenvalue weighted by Gasteiger charge is -2.56. The molecule has 0 saturated carbocycles. The fourth-order valence-corrected chi connectivity index (χ4v) is 3.64. The number of nitrogens with one attached hydrogen (secondary N) is 1. The van der Waals surface area contributed by atoms with Crippen LogP contribution < -0.4 is 15.0 Å². The Morgan fingerprint density at radius 1 is 1.23 bits per heavy atom. The van der Waals surface area contributed by atoms with E-state index in [1.807, 2.05) is 6.07 Å². The lowest BCUT2D eigenvalue weighted by Crippen LogP contribution is -2.83. The van der Waals surface area contributed by atoms with E-state index in [-0.39, 0.29) is 18.8 Å². The van der Waals surface area contributed by atoms with Crippen LogP contribution >= 0.6 is 0 Å². The Morgan fingerprint density at radius 3 is 2.53 bits per heavy atom. The Hall–Kier alpha value is -3.56. The van der Waals surface area contributed by atoms with Crippen LogP contribution in [0.1, 0.15) is 10.4 Å². The van der Waals surface area contributed by atoms with Gasteiger partial charge in [0.25, 0.3) is 17.5 Å². The highest BCUT2D eigenvalue weighted by atomic mass is 16.6. The van der Waals surface area contributed by atoms with Crippen LogP contribution in [0.25, 0.3) is 0 Å². The molecule has 0 unspecified atom stereocenters. The molecule has 1 N–H and O–H groups in total. The van der Waals surface area contributed by atoms with Crippen LogP contribution in [-0.4, -0.2) is 48.4 Å². The lowest BCUT2D eigenvalue weighted by molar-refractivity contribution is -0.689.